The Morgan fingerprint density at radius 2 is 0.939 bits per heavy atom. The topological polar surface area (TPSA) is 245 Å². The lowest BCUT2D eigenvalue weighted by Crippen LogP contribution is -2.42. The molecule has 4 aromatic carbocycles. The van der Waals surface area contributed by atoms with Crippen LogP contribution in [0.1, 0.15) is 177 Å². The number of piperidine rings is 2. The molecular weight excluding hydrogens is 1540 g/mol. The van der Waals surface area contributed by atoms with Gasteiger partial charge in [-0.1, -0.05) is 97.7 Å². The molecule has 610 valence electrons. The molecule has 0 unspecified atom stereocenters. The number of aromatic nitrogens is 6. The highest BCUT2D eigenvalue weighted by Crippen LogP contribution is 2.48. The first-order valence-electron chi connectivity index (χ1n) is 41.6. The number of carbonyl (C=O) groups is 4. The standard InChI is InChI=1S/C41H52ClN7O3.C28H34BrClN6O3.C19H30BNO2/c1-4-36-33(37(46-31-13-19-52-20-14-31)34-26-45-49(5-2)38(34)47-36)25-44-40(51)41(15-16-41)39(50)43-24-29-9-10-35(42)32(23-29)30-8-6-7-28(22-30)21-27-11-17-48(3)18-12-27;1-3-23-19(24(34-18-7-11-39-12-8-18)20-16-33-36(4-2)25(20)35-23)15-32-27(38)28(9-10-28)26(37)31-14-17-5-6-22(30)21(29)13-17;1-18(2)19(3,4)23-20(22-18)17-8-6-7-16(14-17)13-15-9-11-21(5)12-10-15/h6-10,22-23,26-27,31H,4-5,11-21,24-25H2,1-3H3,(H,43,50)(H,44,51)(H,46,47);5-6,13,16,18H,3-4,7-12,14-15H2,1-2H3,(H,31,37)(H,32,38)(H,34,35);6-8,14-15H,9-13H2,1-5H3. The molecule has 6 N–H and O–H groups in total. The number of likely N-dealkylation sites (tertiary alicyclic amines) is 2. The van der Waals surface area contributed by atoms with Gasteiger partial charge in [-0.2, -0.15) is 10.2 Å². The van der Waals surface area contributed by atoms with E-state index in [4.69, 9.17) is 52.0 Å². The maximum Gasteiger partial charge on any atom is 0.494 e. The van der Waals surface area contributed by atoms with Crippen LogP contribution in [0.15, 0.2) is 102 Å². The number of hydrogen-bond acceptors (Lipinski definition) is 16. The Hall–Kier alpha value is -7.52. The Kier molecular flexibility index (Phi) is 27.7. The highest BCUT2D eigenvalue weighted by molar-refractivity contribution is 9.10. The van der Waals surface area contributed by atoms with Gasteiger partial charge in [0, 0.05) is 115 Å². The Labute approximate surface area is 691 Å². The van der Waals surface area contributed by atoms with Gasteiger partial charge >= 0.3 is 7.12 Å². The normalized spacial score (nSPS) is 19.0. The van der Waals surface area contributed by atoms with Crippen molar-refractivity contribution in [2.24, 2.45) is 22.7 Å². The fourth-order valence-corrected chi connectivity index (χ4v) is 17.2. The average molecular weight is 1660 g/mol. The van der Waals surface area contributed by atoms with Crippen LogP contribution >= 0.6 is 39.1 Å². The van der Waals surface area contributed by atoms with E-state index in [-0.39, 0.29) is 67.1 Å². The Morgan fingerprint density at radius 1 is 0.518 bits per heavy atom. The first-order valence-corrected chi connectivity index (χ1v) is 43.1. The van der Waals surface area contributed by atoms with Gasteiger partial charge < -0.3 is 60.5 Å². The summed E-state index contributed by atoms with van der Waals surface area (Å²) in [5.74, 6) is 0.522. The van der Waals surface area contributed by atoms with Crippen LogP contribution in [0.5, 0.6) is 0 Å². The van der Waals surface area contributed by atoms with Gasteiger partial charge in [-0.15, -0.1) is 0 Å². The fraction of sp³-hybridized carbons (Fsp3) is 0.545. The van der Waals surface area contributed by atoms with E-state index in [1.165, 1.54) is 56.3 Å². The number of halogens is 3. The molecule has 7 aliphatic rings. The van der Waals surface area contributed by atoms with Crippen molar-refractivity contribution in [2.45, 2.75) is 221 Å². The summed E-state index contributed by atoms with van der Waals surface area (Å²) in [6.45, 7) is 26.9. The molecule has 26 heteroatoms. The molecule has 0 atom stereocenters. The van der Waals surface area contributed by atoms with Crippen LogP contribution in [-0.2, 0) is 103 Å². The Balaban J connectivity index is 0.000000161. The van der Waals surface area contributed by atoms with Crippen LogP contribution in [0.2, 0.25) is 10.0 Å². The third-order valence-electron chi connectivity index (χ3n) is 24.8. The highest BCUT2D eigenvalue weighted by Gasteiger charge is 2.58. The largest absolute Gasteiger partial charge is 0.494 e. The lowest BCUT2D eigenvalue weighted by atomic mass is 9.77. The van der Waals surface area contributed by atoms with Crippen LogP contribution in [0.25, 0.3) is 33.2 Å². The summed E-state index contributed by atoms with van der Waals surface area (Å²) in [4.78, 5) is 68.7. The molecule has 0 bridgehead atoms. The molecule has 7 fully saturated rings. The second-order valence-corrected chi connectivity index (χ2v) is 35.0. The maximum absolute atomic E-state index is 13.8. The molecule has 5 aliphatic heterocycles. The predicted molar refractivity (Wildman–Crippen MR) is 457 cm³/mol. The first kappa shape index (κ1) is 84.4. The van der Waals surface area contributed by atoms with Crippen molar-refractivity contribution >= 4 is 109 Å². The van der Waals surface area contributed by atoms with E-state index < -0.39 is 10.8 Å². The number of pyridine rings is 2. The van der Waals surface area contributed by atoms with Gasteiger partial charge in [0.25, 0.3) is 0 Å². The molecule has 9 heterocycles. The van der Waals surface area contributed by atoms with Crippen molar-refractivity contribution in [3.63, 3.8) is 0 Å². The summed E-state index contributed by atoms with van der Waals surface area (Å²) in [6, 6.07) is 29.4. The van der Waals surface area contributed by atoms with Gasteiger partial charge in [-0.25, -0.2) is 19.3 Å². The molecule has 114 heavy (non-hydrogen) atoms. The number of aryl methyl sites for hydroxylation is 4. The van der Waals surface area contributed by atoms with E-state index in [0.717, 1.165) is 159 Å². The minimum absolute atomic E-state index is 0.240. The fourth-order valence-electron chi connectivity index (χ4n) is 16.4. The second kappa shape index (κ2) is 37.4. The third-order valence-corrected chi connectivity index (χ3v) is 26.3. The predicted octanol–water partition coefficient (Wildman–Crippen LogP) is 14.1. The number of ether oxygens (including phenoxy) is 2. The molecule has 4 aromatic heterocycles. The van der Waals surface area contributed by atoms with Crippen molar-refractivity contribution in [1.82, 2.24) is 60.6 Å². The van der Waals surface area contributed by atoms with Gasteiger partial charge in [-0.05, 0) is 270 Å². The molecule has 22 nitrogen and oxygen atoms in total. The first-order chi connectivity index (χ1) is 54.9. The summed E-state index contributed by atoms with van der Waals surface area (Å²) in [5.41, 5.74) is 12.4. The molecule has 0 radical (unpaired) electrons. The van der Waals surface area contributed by atoms with E-state index in [9.17, 15) is 19.2 Å². The number of nitrogens with zero attached hydrogens (tertiary/aromatic N) is 8. The van der Waals surface area contributed by atoms with E-state index >= 15 is 0 Å². The zero-order valence-electron chi connectivity index (χ0n) is 68.3. The minimum Gasteiger partial charge on any atom is -0.399 e. The molecule has 8 aromatic rings. The highest BCUT2D eigenvalue weighted by atomic mass is 79.9. The monoisotopic (exact) mass is 1660 g/mol. The van der Waals surface area contributed by atoms with Gasteiger partial charge in [-0.3, -0.25) is 19.2 Å². The Morgan fingerprint density at radius 3 is 1.37 bits per heavy atom. The quantitative estimate of drug-likeness (QED) is 0.0218. The van der Waals surface area contributed by atoms with Gasteiger partial charge in [0.1, 0.15) is 10.8 Å². The number of rotatable bonds is 26. The molecule has 15 rings (SSSR count). The number of carbonyl (C=O) groups excluding carboxylic acids is 4. The van der Waals surface area contributed by atoms with Gasteiger partial charge in [0.15, 0.2) is 11.3 Å². The molecule has 0 spiro atoms. The summed E-state index contributed by atoms with van der Waals surface area (Å²) in [7, 11) is 4.16. The van der Waals surface area contributed by atoms with Crippen molar-refractivity contribution in [3.05, 3.63) is 157 Å². The minimum atomic E-state index is -1.07. The number of fused-ring (bicyclic) bond motifs is 2. The number of anilines is 2. The van der Waals surface area contributed by atoms with Gasteiger partial charge in [0.05, 0.1) is 50.8 Å². The number of amides is 4. The van der Waals surface area contributed by atoms with Crippen molar-refractivity contribution in [3.8, 4) is 11.1 Å². The summed E-state index contributed by atoms with van der Waals surface area (Å²) in [6.07, 6.45) is 18.2. The molecular formula is C88H116BBrCl2N14O8. The third kappa shape index (κ3) is 19.8. The van der Waals surface area contributed by atoms with E-state index in [2.05, 4.69) is 185 Å². The zero-order valence-corrected chi connectivity index (χ0v) is 71.4. The van der Waals surface area contributed by atoms with E-state index in [1.807, 2.05) is 52.9 Å². The van der Waals surface area contributed by atoms with Crippen LogP contribution < -0.4 is 37.4 Å². The average Bonchev–Trinajstić information content (AvgIpc) is 1.56. The summed E-state index contributed by atoms with van der Waals surface area (Å²) >= 11 is 16.2. The number of nitrogens with one attached hydrogen (secondary N) is 6. The maximum atomic E-state index is 13.8. The lowest BCUT2D eigenvalue weighted by molar-refractivity contribution is -0.138. The number of benzene rings is 4. The SMILES string of the molecule is CCc1nc2c(cnn2CC)c(NC2CCOCC2)c1CNC(=O)C1(C(=O)NCc2ccc(Cl)c(-c3cccc(CC4CCN(C)CC4)c3)c2)CC1.CCc1nc2c(cnn2CC)c(NC2CCOCC2)c1CNC(=O)C1(C(=O)NCc2ccc(Cl)c(Br)c2)CC1.CN1CCC(Cc2cccc(B3OC(C)(C)C(C)(C)O3)c2)CC1. The zero-order chi connectivity index (χ0) is 80.5. The second-order valence-electron chi connectivity index (χ2n) is 33.4. The van der Waals surface area contributed by atoms with Crippen LogP contribution in [-0.4, -0.2) is 160 Å². The summed E-state index contributed by atoms with van der Waals surface area (Å²) < 4.78 is 28.1. The summed E-state index contributed by atoms with van der Waals surface area (Å²) in [5, 5.41) is 32.0. The molecule has 2 saturated carbocycles. The van der Waals surface area contributed by atoms with E-state index in [1.54, 1.807) is 6.07 Å². The van der Waals surface area contributed by atoms with Crippen molar-refractivity contribution < 1.29 is 38.0 Å². The van der Waals surface area contributed by atoms with Crippen LogP contribution in [0.3, 0.4) is 0 Å². The van der Waals surface area contributed by atoms with Crippen molar-refractivity contribution in [1.29, 1.82) is 0 Å². The molecule has 2 aliphatic carbocycles. The van der Waals surface area contributed by atoms with Crippen LogP contribution in [0, 0.1) is 22.7 Å². The number of hydrogen-bond donors (Lipinski definition) is 6. The van der Waals surface area contributed by atoms with Crippen LogP contribution in [0.4, 0.5) is 11.4 Å². The smallest absolute Gasteiger partial charge is 0.399 e. The van der Waals surface area contributed by atoms with Crippen molar-refractivity contribution in [2.75, 3.05) is 77.3 Å². The Bertz CT molecular complexity index is 4690. The lowest BCUT2D eigenvalue weighted by Gasteiger charge is -2.32. The molecule has 4 amide bonds. The van der Waals surface area contributed by atoms with Gasteiger partial charge in [0.2, 0.25) is 23.6 Å². The molecule has 5 saturated heterocycles. The van der Waals surface area contributed by atoms with E-state index in [0.29, 0.717) is 87.3 Å².